The molecule has 3 nitrogen and oxygen atoms in total. The minimum Gasteiger partial charge on any atom is -0.309 e. The van der Waals surface area contributed by atoms with Crippen LogP contribution in [0.3, 0.4) is 0 Å². The molecule has 108 valence electrons. The third kappa shape index (κ3) is 4.30. The normalized spacial score (nSPS) is 12.6. The van der Waals surface area contributed by atoms with E-state index in [1.807, 2.05) is 6.92 Å². The quantitative estimate of drug-likeness (QED) is 0.821. The number of aromatic nitrogens is 2. The lowest BCUT2D eigenvalue weighted by Gasteiger charge is -2.18. The molecule has 0 saturated carbocycles. The van der Waals surface area contributed by atoms with E-state index in [0.717, 1.165) is 22.5 Å². The molecule has 0 aliphatic carbocycles. The fourth-order valence-corrected chi connectivity index (χ4v) is 3.99. The van der Waals surface area contributed by atoms with Crippen LogP contribution in [-0.2, 0) is 0 Å². The predicted octanol–water partition coefficient (Wildman–Crippen LogP) is 3.91. The first-order valence-corrected chi connectivity index (χ1v) is 8.59. The summed E-state index contributed by atoms with van der Waals surface area (Å²) in [5.74, 6) is 1.84. The second kappa shape index (κ2) is 7.20. The fraction of sp³-hybridized carbons (Fsp3) is 0.467. The van der Waals surface area contributed by atoms with Gasteiger partial charge in [-0.05, 0) is 44.4 Å². The van der Waals surface area contributed by atoms with E-state index in [0.29, 0.717) is 6.04 Å². The standard InChI is InChI=1S/C15H21N3S2/c1-5-16-14(9-19-15-17-12(4)18-20-15)13-7-10(2)6-11(3)8-13/h6-8,14,16H,5,9H2,1-4H3. The second-order valence-corrected chi connectivity index (χ2v) is 6.97. The van der Waals surface area contributed by atoms with Crippen LogP contribution >= 0.6 is 23.3 Å². The van der Waals surface area contributed by atoms with Crippen molar-refractivity contribution in [2.45, 2.75) is 38.1 Å². The number of aryl methyl sites for hydroxylation is 3. The number of thioether (sulfide) groups is 1. The number of rotatable bonds is 6. The summed E-state index contributed by atoms with van der Waals surface area (Å²) in [6.07, 6.45) is 0. The highest BCUT2D eigenvalue weighted by atomic mass is 32.2. The minimum absolute atomic E-state index is 0.354. The highest BCUT2D eigenvalue weighted by Crippen LogP contribution is 2.27. The van der Waals surface area contributed by atoms with Gasteiger partial charge in [-0.1, -0.05) is 48.0 Å². The molecule has 1 aromatic carbocycles. The van der Waals surface area contributed by atoms with E-state index in [1.165, 1.54) is 28.2 Å². The molecule has 0 fully saturated rings. The van der Waals surface area contributed by atoms with Crippen molar-refractivity contribution in [1.82, 2.24) is 14.7 Å². The summed E-state index contributed by atoms with van der Waals surface area (Å²) in [5, 5.41) is 3.57. The summed E-state index contributed by atoms with van der Waals surface area (Å²) in [5.41, 5.74) is 4.00. The monoisotopic (exact) mass is 307 g/mol. The Morgan fingerprint density at radius 2 is 1.90 bits per heavy atom. The summed E-state index contributed by atoms with van der Waals surface area (Å²) in [6.45, 7) is 9.36. The van der Waals surface area contributed by atoms with E-state index in [2.05, 4.69) is 53.6 Å². The van der Waals surface area contributed by atoms with E-state index in [-0.39, 0.29) is 0 Å². The number of hydrogen-bond donors (Lipinski definition) is 1. The summed E-state index contributed by atoms with van der Waals surface area (Å²) >= 11 is 3.26. The van der Waals surface area contributed by atoms with Crippen molar-refractivity contribution >= 4 is 23.3 Å². The van der Waals surface area contributed by atoms with Crippen LogP contribution in [-0.4, -0.2) is 21.7 Å². The van der Waals surface area contributed by atoms with Gasteiger partial charge in [0, 0.05) is 11.8 Å². The Morgan fingerprint density at radius 3 is 2.45 bits per heavy atom. The van der Waals surface area contributed by atoms with Gasteiger partial charge in [0.1, 0.15) is 5.82 Å². The Kier molecular flexibility index (Phi) is 5.57. The lowest BCUT2D eigenvalue weighted by atomic mass is 10.0. The molecule has 0 aliphatic heterocycles. The van der Waals surface area contributed by atoms with Gasteiger partial charge in [0.2, 0.25) is 0 Å². The van der Waals surface area contributed by atoms with Gasteiger partial charge in [-0.3, -0.25) is 0 Å². The van der Waals surface area contributed by atoms with Gasteiger partial charge in [0.15, 0.2) is 4.34 Å². The molecular weight excluding hydrogens is 286 g/mol. The van der Waals surface area contributed by atoms with Crippen molar-refractivity contribution < 1.29 is 0 Å². The Morgan fingerprint density at radius 1 is 1.20 bits per heavy atom. The molecule has 2 rings (SSSR count). The Bertz CT molecular complexity index is 546. The van der Waals surface area contributed by atoms with E-state index in [1.54, 1.807) is 11.8 Å². The molecule has 0 amide bonds. The first-order valence-electron chi connectivity index (χ1n) is 6.83. The first kappa shape index (κ1) is 15.5. The summed E-state index contributed by atoms with van der Waals surface area (Å²) in [4.78, 5) is 4.41. The molecule has 1 heterocycles. The van der Waals surface area contributed by atoms with Crippen molar-refractivity contribution in [3.05, 3.63) is 40.7 Å². The minimum atomic E-state index is 0.354. The molecule has 0 saturated heterocycles. The molecule has 20 heavy (non-hydrogen) atoms. The molecule has 1 aromatic heterocycles. The lowest BCUT2D eigenvalue weighted by Crippen LogP contribution is -2.23. The Balaban J connectivity index is 2.09. The number of hydrogen-bond acceptors (Lipinski definition) is 5. The molecule has 2 aromatic rings. The Hall–Kier alpha value is -0.910. The molecule has 0 radical (unpaired) electrons. The largest absolute Gasteiger partial charge is 0.309 e. The van der Waals surface area contributed by atoms with Crippen LogP contribution < -0.4 is 5.32 Å². The van der Waals surface area contributed by atoms with Crippen molar-refractivity contribution in [2.24, 2.45) is 0 Å². The average molecular weight is 307 g/mol. The van der Waals surface area contributed by atoms with E-state index in [4.69, 9.17) is 0 Å². The van der Waals surface area contributed by atoms with Crippen LogP contribution in [0.2, 0.25) is 0 Å². The zero-order valence-electron chi connectivity index (χ0n) is 12.4. The van der Waals surface area contributed by atoms with Gasteiger partial charge in [-0.2, -0.15) is 4.37 Å². The van der Waals surface area contributed by atoms with Crippen molar-refractivity contribution in [3.8, 4) is 0 Å². The van der Waals surface area contributed by atoms with Crippen LogP contribution in [0.1, 0.15) is 35.5 Å². The van der Waals surface area contributed by atoms with Crippen LogP contribution in [0.5, 0.6) is 0 Å². The second-order valence-electron chi connectivity index (χ2n) is 4.95. The maximum atomic E-state index is 4.41. The molecule has 0 bridgehead atoms. The first-order chi connectivity index (χ1) is 9.58. The maximum Gasteiger partial charge on any atom is 0.170 e. The van der Waals surface area contributed by atoms with Gasteiger partial charge < -0.3 is 5.32 Å². The topological polar surface area (TPSA) is 37.8 Å². The molecular formula is C15H21N3S2. The van der Waals surface area contributed by atoms with E-state index < -0.39 is 0 Å². The SMILES string of the molecule is CCNC(CSc1nc(C)ns1)c1cc(C)cc(C)c1. The molecule has 1 atom stereocenters. The summed E-state index contributed by atoms with van der Waals surface area (Å²) in [7, 11) is 0. The van der Waals surface area contributed by atoms with Crippen LogP contribution in [0.15, 0.2) is 22.5 Å². The van der Waals surface area contributed by atoms with Gasteiger partial charge in [0.25, 0.3) is 0 Å². The van der Waals surface area contributed by atoms with Gasteiger partial charge in [-0.15, -0.1) is 0 Å². The van der Waals surface area contributed by atoms with Crippen LogP contribution in [0, 0.1) is 20.8 Å². The molecule has 1 unspecified atom stereocenters. The summed E-state index contributed by atoms with van der Waals surface area (Å²) in [6, 6.07) is 7.11. The third-order valence-electron chi connectivity index (χ3n) is 2.98. The zero-order valence-corrected chi connectivity index (χ0v) is 14.1. The van der Waals surface area contributed by atoms with Crippen LogP contribution in [0.4, 0.5) is 0 Å². The highest BCUT2D eigenvalue weighted by Gasteiger charge is 2.13. The zero-order chi connectivity index (χ0) is 14.5. The van der Waals surface area contributed by atoms with Gasteiger partial charge in [-0.25, -0.2) is 4.98 Å². The molecule has 0 aliphatic rings. The number of nitrogens with one attached hydrogen (secondary N) is 1. The summed E-state index contributed by atoms with van der Waals surface area (Å²) < 4.78 is 5.28. The van der Waals surface area contributed by atoms with Crippen LogP contribution in [0.25, 0.3) is 0 Å². The number of benzene rings is 1. The van der Waals surface area contributed by atoms with E-state index >= 15 is 0 Å². The van der Waals surface area contributed by atoms with Crippen molar-refractivity contribution in [3.63, 3.8) is 0 Å². The molecule has 1 N–H and O–H groups in total. The molecule has 5 heteroatoms. The van der Waals surface area contributed by atoms with Gasteiger partial charge >= 0.3 is 0 Å². The maximum absolute atomic E-state index is 4.41. The van der Waals surface area contributed by atoms with Crippen molar-refractivity contribution in [1.29, 1.82) is 0 Å². The average Bonchev–Trinajstić information content (AvgIpc) is 2.79. The smallest absolute Gasteiger partial charge is 0.170 e. The number of nitrogens with zero attached hydrogens (tertiary/aromatic N) is 2. The predicted molar refractivity (Wildman–Crippen MR) is 87.7 cm³/mol. The molecule has 0 spiro atoms. The van der Waals surface area contributed by atoms with Crippen molar-refractivity contribution in [2.75, 3.05) is 12.3 Å². The van der Waals surface area contributed by atoms with Gasteiger partial charge in [0.05, 0.1) is 0 Å². The van der Waals surface area contributed by atoms with E-state index in [9.17, 15) is 0 Å². The third-order valence-corrected chi connectivity index (χ3v) is 5.00. The lowest BCUT2D eigenvalue weighted by molar-refractivity contribution is 0.605. The Labute approximate surface area is 129 Å². The highest BCUT2D eigenvalue weighted by molar-refractivity contribution is 8.00. The fourth-order valence-electron chi connectivity index (χ4n) is 2.22.